The molecule has 1 aromatic carbocycles. The summed E-state index contributed by atoms with van der Waals surface area (Å²) in [5, 5.41) is 3.03. The quantitative estimate of drug-likeness (QED) is 0.891. The Morgan fingerprint density at radius 2 is 2.00 bits per heavy atom. The van der Waals surface area contributed by atoms with E-state index < -0.39 is 0 Å². The van der Waals surface area contributed by atoms with Crippen molar-refractivity contribution in [3.8, 4) is 11.4 Å². The number of carbonyl (C=O) groups excluding carboxylic acids is 1. The van der Waals surface area contributed by atoms with Crippen molar-refractivity contribution in [3.63, 3.8) is 0 Å². The van der Waals surface area contributed by atoms with E-state index in [0.717, 1.165) is 42.4 Å². The first-order chi connectivity index (χ1) is 12.2. The van der Waals surface area contributed by atoms with Gasteiger partial charge in [-0.25, -0.2) is 9.97 Å². The topological polar surface area (TPSA) is 58.1 Å². The fourth-order valence-electron chi connectivity index (χ4n) is 2.68. The van der Waals surface area contributed by atoms with Gasteiger partial charge in [0.2, 0.25) is 0 Å². The molecular weight excluding hydrogens is 332 g/mol. The molecule has 1 aliphatic rings. The minimum atomic E-state index is -0.0952. The number of carbonyl (C=O) groups is 1. The Bertz CT molecular complexity index is 717. The lowest BCUT2D eigenvalue weighted by Crippen LogP contribution is -2.37. The maximum absolute atomic E-state index is 12.7. The monoisotopic (exact) mass is 356 g/mol. The summed E-state index contributed by atoms with van der Waals surface area (Å²) in [6, 6.07) is 10.0. The van der Waals surface area contributed by atoms with Gasteiger partial charge in [0.1, 0.15) is 11.4 Å². The third-order valence-corrected chi connectivity index (χ3v) is 5.29. The van der Waals surface area contributed by atoms with Gasteiger partial charge in [-0.1, -0.05) is 37.3 Å². The van der Waals surface area contributed by atoms with E-state index in [1.54, 1.807) is 6.20 Å². The molecular formula is C19H24N4OS. The second-order valence-corrected chi connectivity index (χ2v) is 7.40. The van der Waals surface area contributed by atoms with E-state index in [4.69, 9.17) is 4.98 Å². The highest BCUT2D eigenvalue weighted by atomic mass is 32.2. The average Bonchev–Trinajstić information content (AvgIpc) is 2.68. The van der Waals surface area contributed by atoms with Gasteiger partial charge in [-0.05, 0) is 13.3 Å². The van der Waals surface area contributed by atoms with Crippen LogP contribution in [0, 0.1) is 0 Å². The van der Waals surface area contributed by atoms with Gasteiger partial charge in [0.15, 0.2) is 5.82 Å². The molecule has 1 unspecified atom stereocenters. The zero-order chi connectivity index (χ0) is 17.6. The molecule has 2 aromatic rings. The molecule has 25 heavy (non-hydrogen) atoms. The van der Waals surface area contributed by atoms with Gasteiger partial charge in [-0.3, -0.25) is 4.79 Å². The number of hydrogen-bond acceptors (Lipinski definition) is 5. The number of nitrogens with zero attached hydrogens (tertiary/aromatic N) is 3. The first-order valence-electron chi connectivity index (χ1n) is 8.75. The van der Waals surface area contributed by atoms with E-state index in [0.29, 0.717) is 11.4 Å². The highest BCUT2D eigenvalue weighted by Gasteiger charge is 2.22. The minimum Gasteiger partial charge on any atom is -0.354 e. The van der Waals surface area contributed by atoms with Gasteiger partial charge in [0.25, 0.3) is 5.91 Å². The predicted molar refractivity (Wildman–Crippen MR) is 104 cm³/mol. The van der Waals surface area contributed by atoms with Crippen molar-refractivity contribution in [3.05, 3.63) is 42.1 Å². The summed E-state index contributed by atoms with van der Waals surface area (Å²) < 4.78 is 0. The van der Waals surface area contributed by atoms with Crippen molar-refractivity contribution in [2.45, 2.75) is 26.3 Å². The number of amides is 1. The fourth-order valence-corrected chi connectivity index (χ4v) is 3.58. The van der Waals surface area contributed by atoms with Crippen LogP contribution in [-0.2, 0) is 0 Å². The van der Waals surface area contributed by atoms with E-state index in [9.17, 15) is 4.79 Å². The Labute approximate surface area is 153 Å². The highest BCUT2D eigenvalue weighted by molar-refractivity contribution is 7.99. The maximum Gasteiger partial charge on any atom is 0.256 e. The van der Waals surface area contributed by atoms with Crippen LogP contribution in [0.4, 0.5) is 5.82 Å². The molecule has 1 fully saturated rings. The maximum atomic E-state index is 12.7. The number of nitrogens with one attached hydrogen (secondary N) is 1. The Hall–Kier alpha value is -2.08. The van der Waals surface area contributed by atoms with Gasteiger partial charge < -0.3 is 10.2 Å². The number of thioether (sulfide) groups is 1. The smallest absolute Gasteiger partial charge is 0.256 e. The van der Waals surface area contributed by atoms with Crippen LogP contribution in [0.1, 0.15) is 30.6 Å². The van der Waals surface area contributed by atoms with Crippen LogP contribution in [0.25, 0.3) is 11.4 Å². The largest absolute Gasteiger partial charge is 0.354 e. The second-order valence-electron chi connectivity index (χ2n) is 6.18. The van der Waals surface area contributed by atoms with E-state index in [2.05, 4.69) is 22.1 Å². The van der Waals surface area contributed by atoms with E-state index in [1.165, 1.54) is 0 Å². The summed E-state index contributed by atoms with van der Waals surface area (Å²) in [6.45, 7) is 5.87. The summed E-state index contributed by atoms with van der Waals surface area (Å²) in [5.74, 6) is 3.42. The third-order valence-electron chi connectivity index (χ3n) is 4.35. The fraction of sp³-hybridized carbons (Fsp3) is 0.421. The first kappa shape index (κ1) is 17.7. The molecule has 1 aliphatic heterocycles. The molecule has 2 heterocycles. The Morgan fingerprint density at radius 3 is 2.68 bits per heavy atom. The number of rotatable bonds is 5. The average molecular weight is 356 g/mol. The van der Waals surface area contributed by atoms with Crippen LogP contribution in [0.3, 0.4) is 0 Å². The molecule has 0 bridgehead atoms. The summed E-state index contributed by atoms with van der Waals surface area (Å²) >= 11 is 1.94. The lowest BCUT2D eigenvalue weighted by atomic mass is 10.2. The Morgan fingerprint density at radius 1 is 1.28 bits per heavy atom. The predicted octanol–water partition coefficient (Wildman–Crippen LogP) is 3.23. The molecule has 0 aliphatic carbocycles. The molecule has 0 spiro atoms. The van der Waals surface area contributed by atoms with Crippen molar-refractivity contribution in [1.82, 2.24) is 15.3 Å². The van der Waals surface area contributed by atoms with Gasteiger partial charge in [0, 0.05) is 42.4 Å². The molecule has 0 radical (unpaired) electrons. The standard InChI is InChI=1S/C19H24N4OS/c1-3-14(2)21-19(24)16-13-20-17(15-7-5-4-6-8-15)22-18(16)23-9-11-25-12-10-23/h4-8,13-14H,3,9-12H2,1-2H3,(H,21,24). The SMILES string of the molecule is CCC(C)NC(=O)c1cnc(-c2ccccc2)nc1N1CCSCC1. The summed E-state index contributed by atoms with van der Waals surface area (Å²) in [4.78, 5) is 24.1. The molecule has 0 saturated carbocycles. The van der Waals surface area contributed by atoms with E-state index >= 15 is 0 Å². The van der Waals surface area contributed by atoms with Crippen LogP contribution >= 0.6 is 11.8 Å². The molecule has 5 nitrogen and oxygen atoms in total. The van der Waals surface area contributed by atoms with Gasteiger partial charge in [0.05, 0.1) is 0 Å². The van der Waals surface area contributed by atoms with Crippen molar-refractivity contribution in [1.29, 1.82) is 0 Å². The molecule has 132 valence electrons. The van der Waals surface area contributed by atoms with Crippen LogP contribution < -0.4 is 10.2 Å². The second kappa shape index (κ2) is 8.34. The normalized spacial score (nSPS) is 15.7. The zero-order valence-corrected chi connectivity index (χ0v) is 15.6. The summed E-state index contributed by atoms with van der Waals surface area (Å²) in [6.07, 6.45) is 2.56. The minimum absolute atomic E-state index is 0.0952. The lowest BCUT2D eigenvalue weighted by molar-refractivity contribution is 0.0939. The number of benzene rings is 1. The Kier molecular flexibility index (Phi) is 5.91. The van der Waals surface area contributed by atoms with Crippen molar-refractivity contribution < 1.29 is 4.79 Å². The Balaban J connectivity index is 1.97. The lowest BCUT2D eigenvalue weighted by Gasteiger charge is -2.29. The van der Waals surface area contributed by atoms with Crippen LogP contribution in [0.15, 0.2) is 36.5 Å². The van der Waals surface area contributed by atoms with Crippen LogP contribution in [0.5, 0.6) is 0 Å². The molecule has 1 aromatic heterocycles. The molecule has 1 amide bonds. The number of anilines is 1. The first-order valence-corrected chi connectivity index (χ1v) is 9.90. The molecule has 6 heteroatoms. The summed E-state index contributed by atoms with van der Waals surface area (Å²) in [5.41, 5.74) is 1.52. The van der Waals surface area contributed by atoms with Gasteiger partial charge in [-0.2, -0.15) is 11.8 Å². The third kappa shape index (κ3) is 4.31. The van der Waals surface area contributed by atoms with Crippen molar-refractivity contribution >= 4 is 23.5 Å². The molecule has 3 rings (SSSR count). The van der Waals surface area contributed by atoms with Crippen LogP contribution in [0.2, 0.25) is 0 Å². The zero-order valence-electron chi connectivity index (χ0n) is 14.7. The number of aromatic nitrogens is 2. The summed E-state index contributed by atoms with van der Waals surface area (Å²) in [7, 11) is 0. The van der Waals surface area contributed by atoms with E-state index in [1.807, 2.05) is 49.0 Å². The van der Waals surface area contributed by atoms with Crippen molar-refractivity contribution in [2.24, 2.45) is 0 Å². The van der Waals surface area contributed by atoms with Gasteiger partial charge >= 0.3 is 0 Å². The molecule has 1 N–H and O–H groups in total. The molecule has 1 atom stereocenters. The van der Waals surface area contributed by atoms with Gasteiger partial charge in [-0.15, -0.1) is 0 Å². The van der Waals surface area contributed by atoms with Crippen molar-refractivity contribution in [2.75, 3.05) is 29.5 Å². The number of hydrogen-bond donors (Lipinski definition) is 1. The molecule has 1 saturated heterocycles. The highest BCUT2D eigenvalue weighted by Crippen LogP contribution is 2.25. The van der Waals surface area contributed by atoms with Crippen LogP contribution in [-0.4, -0.2) is 46.5 Å². The van der Waals surface area contributed by atoms with E-state index in [-0.39, 0.29) is 11.9 Å².